The summed E-state index contributed by atoms with van der Waals surface area (Å²) in [5.74, 6) is -2.83. The highest BCUT2D eigenvalue weighted by Gasteiger charge is 2.64. The van der Waals surface area contributed by atoms with E-state index in [1.54, 1.807) is 12.1 Å². The van der Waals surface area contributed by atoms with E-state index in [-0.39, 0.29) is 11.6 Å². The molecule has 0 radical (unpaired) electrons. The number of para-hydroxylation sites is 1. The summed E-state index contributed by atoms with van der Waals surface area (Å²) in [7, 11) is 0. The van der Waals surface area contributed by atoms with Crippen molar-refractivity contribution in [3.05, 3.63) is 100 Å². The molecule has 0 unspecified atom stereocenters. The molecule has 184 valence electrons. The van der Waals surface area contributed by atoms with Crippen molar-refractivity contribution in [3.8, 4) is 0 Å². The van der Waals surface area contributed by atoms with Crippen molar-refractivity contribution in [2.24, 2.45) is 11.8 Å². The minimum atomic E-state index is -0.955. The van der Waals surface area contributed by atoms with Gasteiger partial charge in [-0.1, -0.05) is 48.0 Å². The normalized spacial score (nSPS) is 23.5. The molecule has 3 aliphatic heterocycles. The predicted molar refractivity (Wildman–Crippen MR) is 138 cm³/mol. The van der Waals surface area contributed by atoms with Gasteiger partial charge in [-0.3, -0.25) is 24.5 Å². The van der Waals surface area contributed by atoms with E-state index >= 15 is 0 Å². The number of nitrogens with zero attached hydrogens (tertiary/aromatic N) is 3. The lowest BCUT2D eigenvalue weighted by molar-refractivity contribution is -0.384. The number of imide groups is 1. The Bertz CT molecular complexity index is 1480. The maximum absolute atomic E-state index is 13.8. The minimum absolute atomic E-state index is 0.0978. The summed E-state index contributed by atoms with van der Waals surface area (Å²) in [5, 5.41) is 13.8. The zero-order chi connectivity index (χ0) is 25.8. The number of aryl methyl sites for hydroxylation is 1. The largest absolute Gasteiger partial charge is 0.351 e. The first-order valence-electron chi connectivity index (χ1n) is 11.9. The van der Waals surface area contributed by atoms with Gasteiger partial charge in [0.05, 0.1) is 28.5 Å². The van der Waals surface area contributed by atoms with Crippen molar-refractivity contribution in [2.75, 3.05) is 15.1 Å². The Labute approximate surface area is 212 Å². The molecule has 4 atom stereocenters. The summed E-state index contributed by atoms with van der Waals surface area (Å²) in [6.45, 7) is 1.92. The van der Waals surface area contributed by atoms with E-state index in [4.69, 9.17) is 0 Å². The number of nitro benzene ring substituents is 1. The molecular weight excluding hydrogens is 472 g/mol. The third kappa shape index (κ3) is 3.50. The fourth-order valence-corrected chi connectivity index (χ4v) is 5.64. The van der Waals surface area contributed by atoms with E-state index in [0.717, 1.165) is 16.8 Å². The van der Waals surface area contributed by atoms with Crippen molar-refractivity contribution in [3.63, 3.8) is 0 Å². The van der Waals surface area contributed by atoms with Gasteiger partial charge in [-0.05, 0) is 42.8 Å². The van der Waals surface area contributed by atoms with Gasteiger partial charge in [0.15, 0.2) is 0 Å². The first kappa shape index (κ1) is 22.7. The number of carbonyl (C=O) groups excluding carboxylic acids is 3. The monoisotopic (exact) mass is 494 g/mol. The van der Waals surface area contributed by atoms with Gasteiger partial charge < -0.3 is 10.2 Å². The molecule has 6 rings (SSSR count). The molecule has 0 bridgehead atoms. The van der Waals surface area contributed by atoms with Gasteiger partial charge in [0.25, 0.3) is 5.69 Å². The van der Waals surface area contributed by atoms with E-state index in [1.807, 2.05) is 60.4 Å². The van der Waals surface area contributed by atoms with Crippen LogP contribution in [0.4, 0.5) is 22.7 Å². The molecule has 1 N–H and O–H groups in total. The third-order valence-corrected chi connectivity index (χ3v) is 7.32. The molecule has 3 heterocycles. The van der Waals surface area contributed by atoms with E-state index < -0.39 is 40.7 Å². The van der Waals surface area contributed by atoms with Crippen LogP contribution in [0.25, 0.3) is 6.08 Å². The molecule has 3 aliphatic rings. The first-order valence-corrected chi connectivity index (χ1v) is 11.9. The lowest BCUT2D eigenvalue weighted by Gasteiger charge is -2.36. The van der Waals surface area contributed by atoms with E-state index in [2.05, 4.69) is 5.32 Å². The van der Waals surface area contributed by atoms with Crippen molar-refractivity contribution >= 4 is 46.5 Å². The smallest absolute Gasteiger partial charge is 0.269 e. The van der Waals surface area contributed by atoms with Gasteiger partial charge in [-0.15, -0.1) is 0 Å². The minimum Gasteiger partial charge on any atom is -0.351 e. The number of benzene rings is 3. The van der Waals surface area contributed by atoms with Gasteiger partial charge in [-0.25, -0.2) is 4.90 Å². The first-order chi connectivity index (χ1) is 17.8. The lowest BCUT2D eigenvalue weighted by atomic mass is 9.88. The highest BCUT2D eigenvalue weighted by molar-refractivity contribution is 6.25. The number of non-ortho nitro benzene ring substituents is 1. The number of hydrogen-bond donors (Lipinski definition) is 1. The van der Waals surface area contributed by atoms with Gasteiger partial charge in [0.2, 0.25) is 17.7 Å². The Morgan fingerprint density at radius 2 is 1.59 bits per heavy atom. The zero-order valence-electron chi connectivity index (χ0n) is 19.8. The number of carbonyl (C=O) groups is 3. The second kappa shape index (κ2) is 8.41. The molecule has 0 aromatic heterocycles. The Hall–Kier alpha value is -4.79. The topological polar surface area (TPSA) is 113 Å². The van der Waals surface area contributed by atoms with Crippen LogP contribution in [0.5, 0.6) is 0 Å². The number of fused-ring (bicyclic) bond motifs is 5. The number of nitrogens with one attached hydrogen (secondary N) is 1. The Morgan fingerprint density at radius 3 is 2.30 bits per heavy atom. The van der Waals surface area contributed by atoms with Crippen LogP contribution in [0, 0.1) is 28.9 Å². The summed E-state index contributed by atoms with van der Waals surface area (Å²) in [6.07, 6.45) is 3.82. The number of nitro groups is 1. The van der Waals surface area contributed by atoms with Crippen LogP contribution in [0.2, 0.25) is 0 Å². The second-order valence-corrected chi connectivity index (χ2v) is 9.45. The highest BCUT2D eigenvalue weighted by atomic mass is 16.6. The van der Waals surface area contributed by atoms with Crippen molar-refractivity contribution in [2.45, 2.75) is 19.0 Å². The van der Waals surface area contributed by atoms with Crippen molar-refractivity contribution < 1.29 is 19.3 Å². The summed E-state index contributed by atoms with van der Waals surface area (Å²) in [5.41, 5.74) is 3.42. The average molecular weight is 495 g/mol. The molecule has 9 nitrogen and oxygen atoms in total. The molecule has 0 spiro atoms. The molecule has 37 heavy (non-hydrogen) atoms. The number of hydrogen-bond acceptors (Lipinski definition) is 6. The van der Waals surface area contributed by atoms with Crippen molar-refractivity contribution in [1.82, 2.24) is 0 Å². The highest BCUT2D eigenvalue weighted by Crippen LogP contribution is 2.49. The maximum atomic E-state index is 13.8. The van der Waals surface area contributed by atoms with Gasteiger partial charge in [-0.2, -0.15) is 0 Å². The maximum Gasteiger partial charge on any atom is 0.269 e. The standard InChI is InChI=1S/C28H22N4O5/c1-16-6-11-19(12-7-16)30-27(34)23-22-15-8-17-4-2-3-5-21(17)31(22)25(24(23)28(30)35)26(33)29-18-9-13-20(14-10-18)32(36)37/h2-15,22-25H,1H3,(H,29,33)/t22-,23+,24+,25+/m1/s1. The quantitative estimate of drug-likeness (QED) is 0.334. The summed E-state index contributed by atoms with van der Waals surface area (Å²) in [6, 6.07) is 18.8. The van der Waals surface area contributed by atoms with E-state index in [1.165, 1.54) is 29.2 Å². The Balaban J connectivity index is 1.40. The second-order valence-electron chi connectivity index (χ2n) is 9.45. The fourth-order valence-electron chi connectivity index (χ4n) is 5.64. The molecule has 0 saturated carbocycles. The van der Waals surface area contributed by atoms with Crippen LogP contribution in [0.15, 0.2) is 78.9 Å². The fraction of sp³-hybridized carbons (Fsp3) is 0.179. The summed E-state index contributed by atoms with van der Waals surface area (Å²) >= 11 is 0. The average Bonchev–Trinajstić information content (AvgIpc) is 3.38. The van der Waals surface area contributed by atoms with Crippen LogP contribution in [0.1, 0.15) is 11.1 Å². The summed E-state index contributed by atoms with van der Waals surface area (Å²) in [4.78, 5) is 54.9. The van der Waals surface area contributed by atoms with Gasteiger partial charge >= 0.3 is 0 Å². The van der Waals surface area contributed by atoms with Gasteiger partial charge in [0.1, 0.15) is 6.04 Å². The predicted octanol–water partition coefficient (Wildman–Crippen LogP) is 3.93. The van der Waals surface area contributed by atoms with Crippen LogP contribution in [-0.2, 0) is 14.4 Å². The molecule has 3 aromatic rings. The summed E-state index contributed by atoms with van der Waals surface area (Å²) < 4.78 is 0. The number of rotatable bonds is 4. The molecule has 3 amide bonds. The van der Waals surface area contributed by atoms with Crippen LogP contribution >= 0.6 is 0 Å². The van der Waals surface area contributed by atoms with Crippen molar-refractivity contribution in [1.29, 1.82) is 0 Å². The van der Waals surface area contributed by atoms with E-state index in [0.29, 0.717) is 11.4 Å². The molecule has 3 aromatic carbocycles. The molecule has 2 fully saturated rings. The van der Waals surface area contributed by atoms with Gasteiger partial charge in [0, 0.05) is 23.5 Å². The van der Waals surface area contributed by atoms with Crippen LogP contribution in [0.3, 0.4) is 0 Å². The number of anilines is 3. The molecule has 9 heteroatoms. The number of amides is 3. The van der Waals surface area contributed by atoms with E-state index in [9.17, 15) is 24.5 Å². The zero-order valence-corrected chi connectivity index (χ0v) is 19.8. The van der Waals surface area contributed by atoms with Crippen LogP contribution < -0.4 is 15.1 Å². The SMILES string of the molecule is Cc1ccc(N2C(=O)[C@@H]3[C@H](C2=O)[C@@H](C(=O)Nc2ccc([N+](=O)[O-])cc2)N2c4ccccc4C=C[C@H]32)cc1. The molecule has 0 aliphatic carbocycles. The van der Waals surface area contributed by atoms with Crippen LogP contribution in [-0.4, -0.2) is 34.7 Å². The molecular formula is C28H22N4O5. The lowest BCUT2D eigenvalue weighted by Crippen LogP contribution is -2.50. The Morgan fingerprint density at radius 1 is 0.919 bits per heavy atom. The third-order valence-electron chi connectivity index (χ3n) is 7.32. The molecule has 2 saturated heterocycles. The Kier molecular flexibility index (Phi) is 5.15.